The Morgan fingerprint density at radius 3 is 2.48 bits per heavy atom. The Hall–Kier alpha value is -2.14. The van der Waals surface area contributed by atoms with Gasteiger partial charge in [-0.1, -0.05) is 17.7 Å². The molecule has 0 saturated carbocycles. The van der Waals surface area contributed by atoms with Crippen molar-refractivity contribution < 1.29 is 4.74 Å². The van der Waals surface area contributed by atoms with Crippen molar-refractivity contribution in [1.82, 2.24) is 9.97 Å². The van der Waals surface area contributed by atoms with Crippen LogP contribution >= 0.6 is 0 Å². The maximum atomic E-state index is 5.67. The van der Waals surface area contributed by atoms with Gasteiger partial charge in [-0.2, -0.15) is 0 Å². The van der Waals surface area contributed by atoms with E-state index in [9.17, 15) is 0 Å². The molecule has 0 saturated heterocycles. The maximum Gasteiger partial charge on any atom is 0.221 e. The van der Waals surface area contributed by atoms with Gasteiger partial charge in [0.15, 0.2) is 0 Å². The molecular weight excluding hydrogens is 264 g/mol. The fourth-order valence-electron chi connectivity index (χ4n) is 2.23. The van der Waals surface area contributed by atoms with Gasteiger partial charge in [-0.15, -0.1) is 0 Å². The monoisotopic (exact) mass is 286 g/mol. The first-order valence-electron chi connectivity index (χ1n) is 7.07. The first-order valence-corrected chi connectivity index (χ1v) is 7.07. The van der Waals surface area contributed by atoms with Gasteiger partial charge in [-0.3, -0.25) is 0 Å². The van der Waals surface area contributed by atoms with Crippen LogP contribution in [0.2, 0.25) is 0 Å². The summed E-state index contributed by atoms with van der Waals surface area (Å²) in [5.41, 5.74) is 8.92. The number of hydrogen-bond donors (Lipinski definition) is 1. The first kappa shape index (κ1) is 15.3. The molecule has 2 aromatic rings. The number of aromatic nitrogens is 2. The van der Waals surface area contributed by atoms with Crippen molar-refractivity contribution in [2.45, 2.75) is 20.3 Å². The van der Waals surface area contributed by atoms with Gasteiger partial charge in [0.1, 0.15) is 12.1 Å². The van der Waals surface area contributed by atoms with E-state index < -0.39 is 0 Å². The molecule has 0 fully saturated rings. The van der Waals surface area contributed by atoms with Gasteiger partial charge in [-0.05, 0) is 38.9 Å². The Kier molecular flexibility index (Phi) is 5.11. The summed E-state index contributed by atoms with van der Waals surface area (Å²) in [5.74, 6) is 1.46. The molecule has 0 aliphatic heterocycles. The number of ether oxygens (including phenoxy) is 1. The molecule has 5 heteroatoms. The lowest BCUT2D eigenvalue weighted by Gasteiger charge is -2.25. The summed E-state index contributed by atoms with van der Waals surface area (Å²) in [6, 6.07) is 8.39. The maximum absolute atomic E-state index is 5.67. The lowest BCUT2D eigenvalue weighted by Crippen LogP contribution is -2.23. The second-order valence-electron chi connectivity index (χ2n) is 4.96. The Labute approximate surface area is 125 Å². The highest BCUT2D eigenvalue weighted by Gasteiger charge is 2.16. The largest absolute Gasteiger partial charge is 0.481 e. The summed E-state index contributed by atoms with van der Waals surface area (Å²) in [7, 11) is 1.62. The topological polar surface area (TPSA) is 64.3 Å². The molecular formula is C16H22N4O. The normalized spacial score (nSPS) is 10.5. The molecule has 1 aromatic carbocycles. The van der Waals surface area contributed by atoms with Gasteiger partial charge >= 0.3 is 0 Å². The van der Waals surface area contributed by atoms with Crippen LogP contribution in [0.25, 0.3) is 0 Å². The fourth-order valence-corrected chi connectivity index (χ4v) is 2.23. The Morgan fingerprint density at radius 1 is 1.14 bits per heavy atom. The molecule has 1 aromatic heterocycles. The third kappa shape index (κ3) is 3.49. The lowest BCUT2D eigenvalue weighted by molar-refractivity contribution is 0.393. The van der Waals surface area contributed by atoms with Gasteiger partial charge < -0.3 is 15.4 Å². The number of benzene rings is 1. The van der Waals surface area contributed by atoms with Crippen molar-refractivity contribution >= 4 is 11.5 Å². The van der Waals surface area contributed by atoms with E-state index in [-0.39, 0.29) is 0 Å². The standard InChI is InChI=1S/C16H22N4O/c1-12-5-7-14(8-6-12)20(10-4-9-17)15-13(2)16(21-3)19-11-18-15/h5-8,11H,4,9-10,17H2,1-3H3. The van der Waals surface area contributed by atoms with Crippen LogP contribution in [0.3, 0.4) is 0 Å². The van der Waals surface area contributed by atoms with E-state index in [0.29, 0.717) is 12.4 Å². The molecule has 0 aliphatic rings. The average Bonchev–Trinajstić information content (AvgIpc) is 2.50. The van der Waals surface area contributed by atoms with Crippen molar-refractivity contribution in [2.75, 3.05) is 25.1 Å². The molecule has 112 valence electrons. The molecule has 21 heavy (non-hydrogen) atoms. The molecule has 0 aliphatic carbocycles. The fraction of sp³-hybridized carbons (Fsp3) is 0.375. The number of rotatable bonds is 6. The van der Waals surface area contributed by atoms with Gasteiger partial charge in [0.2, 0.25) is 5.88 Å². The Balaban J connectivity index is 2.42. The number of anilines is 2. The summed E-state index contributed by atoms with van der Waals surface area (Å²) >= 11 is 0. The molecule has 0 atom stereocenters. The van der Waals surface area contributed by atoms with E-state index in [1.165, 1.54) is 11.9 Å². The zero-order chi connectivity index (χ0) is 15.2. The van der Waals surface area contributed by atoms with E-state index >= 15 is 0 Å². The molecule has 0 unspecified atom stereocenters. The van der Waals surface area contributed by atoms with E-state index in [0.717, 1.165) is 30.0 Å². The molecule has 0 amide bonds. The van der Waals surface area contributed by atoms with Crippen molar-refractivity contribution in [1.29, 1.82) is 0 Å². The van der Waals surface area contributed by atoms with E-state index in [4.69, 9.17) is 10.5 Å². The van der Waals surface area contributed by atoms with Crippen LogP contribution < -0.4 is 15.4 Å². The Bertz CT molecular complexity index is 583. The third-order valence-corrected chi connectivity index (χ3v) is 3.39. The highest BCUT2D eigenvalue weighted by Crippen LogP contribution is 2.30. The Morgan fingerprint density at radius 2 is 1.86 bits per heavy atom. The SMILES string of the molecule is COc1ncnc(N(CCCN)c2ccc(C)cc2)c1C. The summed E-state index contributed by atoms with van der Waals surface area (Å²) in [6.45, 7) is 5.50. The predicted octanol–water partition coefficient (Wildman–Crippen LogP) is 2.59. The second-order valence-corrected chi connectivity index (χ2v) is 4.96. The molecule has 0 spiro atoms. The minimum atomic E-state index is 0.602. The lowest BCUT2D eigenvalue weighted by atomic mass is 10.2. The molecule has 2 rings (SSSR count). The predicted molar refractivity (Wildman–Crippen MR) is 85.2 cm³/mol. The molecule has 0 radical (unpaired) electrons. The first-order chi connectivity index (χ1) is 10.2. The van der Waals surface area contributed by atoms with Crippen LogP contribution in [-0.4, -0.2) is 30.2 Å². The number of methoxy groups -OCH3 is 1. The molecule has 2 N–H and O–H groups in total. The number of hydrogen-bond acceptors (Lipinski definition) is 5. The minimum absolute atomic E-state index is 0.602. The molecule has 1 heterocycles. The van der Waals surface area contributed by atoms with Crippen LogP contribution in [0.1, 0.15) is 17.5 Å². The smallest absolute Gasteiger partial charge is 0.221 e. The van der Waals surface area contributed by atoms with Crippen LogP contribution in [-0.2, 0) is 0 Å². The van der Waals surface area contributed by atoms with Gasteiger partial charge in [-0.25, -0.2) is 9.97 Å². The molecule has 5 nitrogen and oxygen atoms in total. The minimum Gasteiger partial charge on any atom is -0.481 e. The summed E-state index contributed by atoms with van der Waals surface area (Å²) < 4.78 is 5.29. The number of nitrogens with zero attached hydrogens (tertiary/aromatic N) is 3. The highest BCUT2D eigenvalue weighted by molar-refractivity contribution is 5.64. The van der Waals surface area contributed by atoms with Gasteiger partial charge in [0.05, 0.1) is 12.7 Å². The number of nitrogens with two attached hydrogens (primary N) is 1. The summed E-state index contributed by atoms with van der Waals surface area (Å²) in [5, 5.41) is 0. The second kappa shape index (κ2) is 7.04. The number of aryl methyl sites for hydroxylation is 1. The van der Waals surface area contributed by atoms with Crippen molar-refractivity contribution in [3.05, 3.63) is 41.7 Å². The van der Waals surface area contributed by atoms with E-state index in [2.05, 4.69) is 46.1 Å². The molecule has 0 bridgehead atoms. The summed E-state index contributed by atoms with van der Waals surface area (Å²) in [4.78, 5) is 10.7. The van der Waals surface area contributed by atoms with E-state index in [1.54, 1.807) is 7.11 Å². The van der Waals surface area contributed by atoms with Crippen LogP contribution in [0.4, 0.5) is 11.5 Å². The van der Waals surface area contributed by atoms with Crippen LogP contribution in [0, 0.1) is 13.8 Å². The highest BCUT2D eigenvalue weighted by atomic mass is 16.5. The van der Waals surface area contributed by atoms with Crippen molar-refractivity contribution in [3.63, 3.8) is 0 Å². The average molecular weight is 286 g/mol. The van der Waals surface area contributed by atoms with Gasteiger partial charge in [0.25, 0.3) is 0 Å². The van der Waals surface area contributed by atoms with Crippen molar-refractivity contribution in [3.8, 4) is 5.88 Å². The van der Waals surface area contributed by atoms with Gasteiger partial charge in [0, 0.05) is 12.2 Å². The zero-order valence-corrected chi connectivity index (χ0v) is 12.8. The third-order valence-electron chi connectivity index (χ3n) is 3.39. The summed E-state index contributed by atoms with van der Waals surface area (Å²) in [6.07, 6.45) is 2.42. The van der Waals surface area contributed by atoms with Crippen LogP contribution in [0.15, 0.2) is 30.6 Å². The van der Waals surface area contributed by atoms with E-state index in [1.807, 2.05) is 6.92 Å². The zero-order valence-electron chi connectivity index (χ0n) is 12.8. The van der Waals surface area contributed by atoms with Crippen LogP contribution in [0.5, 0.6) is 5.88 Å². The van der Waals surface area contributed by atoms with Crippen molar-refractivity contribution in [2.24, 2.45) is 5.73 Å². The quantitative estimate of drug-likeness (QED) is 0.884.